The lowest BCUT2D eigenvalue weighted by Gasteiger charge is -2.08. The molecule has 25 heavy (non-hydrogen) atoms. The first-order valence-corrected chi connectivity index (χ1v) is 7.29. The standard InChI is InChI=1S/C17H14N4O4/c1-25-13-4-2-3-12(10-13)19-17-18-8-7-14(20-17)11-5-6-16(22)15(9-11)21(23)24/h2-10,22H,1H3,(H,18,19,20). The molecule has 0 spiro atoms. The lowest BCUT2D eigenvalue weighted by Crippen LogP contribution is -1.98. The maximum atomic E-state index is 11.0. The Morgan fingerprint density at radius 1 is 1.20 bits per heavy atom. The minimum absolute atomic E-state index is 0.335. The zero-order valence-electron chi connectivity index (χ0n) is 13.2. The van der Waals surface area contributed by atoms with Crippen LogP contribution in [0.5, 0.6) is 11.5 Å². The van der Waals surface area contributed by atoms with Gasteiger partial charge < -0.3 is 15.2 Å². The van der Waals surface area contributed by atoms with Gasteiger partial charge in [0.15, 0.2) is 5.75 Å². The van der Waals surface area contributed by atoms with Crippen molar-refractivity contribution in [2.75, 3.05) is 12.4 Å². The number of hydrogen-bond acceptors (Lipinski definition) is 7. The lowest BCUT2D eigenvalue weighted by molar-refractivity contribution is -0.385. The van der Waals surface area contributed by atoms with Gasteiger partial charge in [-0.3, -0.25) is 10.1 Å². The lowest BCUT2D eigenvalue weighted by atomic mass is 10.1. The van der Waals surface area contributed by atoms with E-state index in [1.807, 2.05) is 18.2 Å². The van der Waals surface area contributed by atoms with E-state index in [0.29, 0.717) is 23.0 Å². The molecule has 0 aliphatic rings. The van der Waals surface area contributed by atoms with Gasteiger partial charge in [0, 0.05) is 29.6 Å². The molecule has 8 heteroatoms. The Kier molecular flexibility index (Phi) is 4.42. The van der Waals surface area contributed by atoms with Crippen LogP contribution in [0.25, 0.3) is 11.3 Å². The number of aromatic hydroxyl groups is 1. The monoisotopic (exact) mass is 338 g/mol. The Labute approximate surface area is 142 Å². The zero-order valence-corrected chi connectivity index (χ0v) is 13.2. The fourth-order valence-electron chi connectivity index (χ4n) is 2.24. The van der Waals surface area contributed by atoms with Gasteiger partial charge in [0.25, 0.3) is 0 Å². The molecule has 1 aromatic heterocycles. The summed E-state index contributed by atoms with van der Waals surface area (Å²) < 4.78 is 5.16. The summed E-state index contributed by atoms with van der Waals surface area (Å²) in [5, 5.41) is 23.6. The summed E-state index contributed by atoms with van der Waals surface area (Å²) in [6.07, 6.45) is 1.55. The maximum Gasteiger partial charge on any atom is 0.311 e. The van der Waals surface area contributed by atoms with Crippen molar-refractivity contribution in [3.05, 3.63) is 64.8 Å². The van der Waals surface area contributed by atoms with Crippen LogP contribution in [-0.2, 0) is 0 Å². The average molecular weight is 338 g/mol. The van der Waals surface area contributed by atoms with Crippen LogP contribution >= 0.6 is 0 Å². The van der Waals surface area contributed by atoms with Gasteiger partial charge in [-0.05, 0) is 30.3 Å². The molecular weight excluding hydrogens is 324 g/mol. The first kappa shape index (κ1) is 16.2. The van der Waals surface area contributed by atoms with Crippen LogP contribution in [0.15, 0.2) is 54.7 Å². The van der Waals surface area contributed by atoms with Crippen molar-refractivity contribution in [2.45, 2.75) is 0 Å². The summed E-state index contributed by atoms with van der Waals surface area (Å²) in [4.78, 5) is 18.8. The highest BCUT2D eigenvalue weighted by Gasteiger charge is 2.15. The second kappa shape index (κ2) is 6.83. The molecule has 0 amide bonds. The van der Waals surface area contributed by atoms with E-state index < -0.39 is 10.7 Å². The predicted octanol–water partition coefficient (Wildman–Crippen LogP) is 3.51. The van der Waals surface area contributed by atoms with E-state index in [-0.39, 0.29) is 5.69 Å². The number of nitro benzene ring substituents is 1. The van der Waals surface area contributed by atoms with Crippen LogP contribution in [0.2, 0.25) is 0 Å². The molecule has 2 aromatic carbocycles. The molecule has 3 rings (SSSR count). The number of methoxy groups -OCH3 is 1. The molecular formula is C17H14N4O4. The summed E-state index contributed by atoms with van der Waals surface area (Å²) in [6.45, 7) is 0. The third kappa shape index (κ3) is 3.63. The Morgan fingerprint density at radius 3 is 2.80 bits per heavy atom. The van der Waals surface area contributed by atoms with Gasteiger partial charge in [0.05, 0.1) is 17.7 Å². The molecule has 0 saturated heterocycles. The van der Waals surface area contributed by atoms with Crippen LogP contribution in [0, 0.1) is 10.1 Å². The fraction of sp³-hybridized carbons (Fsp3) is 0.0588. The summed E-state index contributed by atoms with van der Waals surface area (Å²) in [7, 11) is 1.58. The van der Waals surface area contributed by atoms with Crippen molar-refractivity contribution >= 4 is 17.3 Å². The normalized spacial score (nSPS) is 10.3. The highest BCUT2D eigenvalue weighted by Crippen LogP contribution is 2.31. The summed E-state index contributed by atoms with van der Waals surface area (Å²) in [5.41, 5.74) is 1.36. The summed E-state index contributed by atoms with van der Waals surface area (Å²) >= 11 is 0. The van der Waals surface area contributed by atoms with Gasteiger partial charge in [-0.1, -0.05) is 6.07 Å². The molecule has 2 N–H and O–H groups in total. The van der Waals surface area contributed by atoms with E-state index >= 15 is 0 Å². The molecule has 8 nitrogen and oxygen atoms in total. The second-order valence-corrected chi connectivity index (χ2v) is 5.08. The molecule has 126 valence electrons. The number of nitro groups is 1. The van der Waals surface area contributed by atoms with Crippen LogP contribution < -0.4 is 10.1 Å². The molecule has 0 saturated carbocycles. The van der Waals surface area contributed by atoms with Crippen LogP contribution in [0.4, 0.5) is 17.3 Å². The van der Waals surface area contributed by atoms with Gasteiger partial charge in [0.2, 0.25) is 5.95 Å². The highest BCUT2D eigenvalue weighted by atomic mass is 16.6. The maximum absolute atomic E-state index is 11.0. The number of hydrogen-bond donors (Lipinski definition) is 2. The van der Waals surface area contributed by atoms with Gasteiger partial charge >= 0.3 is 5.69 Å². The molecule has 0 atom stereocenters. The fourth-order valence-corrected chi connectivity index (χ4v) is 2.24. The number of anilines is 2. The van der Waals surface area contributed by atoms with Crippen molar-refractivity contribution in [3.8, 4) is 22.8 Å². The third-order valence-electron chi connectivity index (χ3n) is 3.45. The van der Waals surface area contributed by atoms with E-state index in [9.17, 15) is 15.2 Å². The van der Waals surface area contributed by atoms with Crippen molar-refractivity contribution < 1.29 is 14.8 Å². The van der Waals surface area contributed by atoms with Crippen molar-refractivity contribution in [1.29, 1.82) is 0 Å². The smallest absolute Gasteiger partial charge is 0.311 e. The molecule has 0 fully saturated rings. The minimum Gasteiger partial charge on any atom is -0.502 e. The summed E-state index contributed by atoms with van der Waals surface area (Å²) in [6, 6.07) is 13.0. The number of phenolic OH excluding ortho intramolecular Hbond substituents is 1. The molecule has 0 bridgehead atoms. The molecule has 0 unspecified atom stereocenters. The number of rotatable bonds is 5. The topological polar surface area (TPSA) is 110 Å². The highest BCUT2D eigenvalue weighted by molar-refractivity contribution is 5.67. The summed E-state index contributed by atoms with van der Waals surface area (Å²) in [5.74, 6) is 0.634. The quantitative estimate of drug-likeness (QED) is 0.541. The van der Waals surface area contributed by atoms with Crippen LogP contribution in [0.1, 0.15) is 0 Å². The van der Waals surface area contributed by atoms with E-state index in [2.05, 4.69) is 15.3 Å². The SMILES string of the molecule is COc1cccc(Nc2nccc(-c3ccc(O)c([N+](=O)[O-])c3)n2)c1. The van der Waals surface area contributed by atoms with Crippen LogP contribution in [-0.4, -0.2) is 27.1 Å². The number of phenols is 1. The molecule has 1 heterocycles. The average Bonchev–Trinajstić information content (AvgIpc) is 2.62. The minimum atomic E-state index is -0.643. The van der Waals surface area contributed by atoms with Crippen molar-refractivity contribution in [2.24, 2.45) is 0 Å². The molecule has 0 aliphatic carbocycles. The Balaban J connectivity index is 1.91. The van der Waals surface area contributed by atoms with Crippen molar-refractivity contribution in [1.82, 2.24) is 9.97 Å². The zero-order chi connectivity index (χ0) is 17.8. The van der Waals surface area contributed by atoms with Gasteiger partial charge in [-0.15, -0.1) is 0 Å². The first-order chi connectivity index (χ1) is 12.1. The van der Waals surface area contributed by atoms with Crippen LogP contribution in [0.3, 0.4) is 0 Å². The number of benzene rings is 2. The molecule has 0 radical (unpaired) electrons. The van der Waals surface area contributed by atoms with E-state index in [0.717, 1.165) is 5.69 Å². The van der Waals surface area contributed by atoms with Gasteiger partial charge in [-0.2, -0.15) is 0 Å². The van der Waals surface area contributed by atoms with Gasteiger partial charge in [-0.25, -0.2) is 9.97 Å². The number of ether oxygens (including phenoxy) is 1. The van der Waals surface area contributed by atoms with E-state index in [1.165, 1.54) is 12.1 Å². The first-order valence-electron chi connectivity index (χ1n) is 7.29. The van der Waals surface area contributed by atoms with E-state index in [1.54, 1.807) is 31.5 Å². The van der Waals surface area contributed by atoms with E-state index in [4.69, 9.17) is 4.74 Å². The molecule has 0 aliphatic heterocycles. The van der Waals surface area contributed by atoms with Gasteiger partial charge in [0.1, 0.15) is 5.75 Å². The largest absolute Gasteiger partial charge is 0.502 e. The second-order valence-electron chi connectivity index (χ2n) is 5.08. The molecule has 3 aromatic rings. The predicted molar refractivity (Wildman–Crippen MR) is 92.1 cm³/mol. The Bertz CT molecular complexity index is 930. The Hall–Kier alpha value is -3.68. The number of aromatic nitrogens is 2. The third-order valence-corrected chi connectivity index (χ3v) is 3.45. The van der Waals surface area contributed by atoms with Crippen molar-refractivity contribution in [3.63, 3.8) is 0 Å². The Morgan fingerprint density at radius 2 is 2.04 bits per heavy atom. The number of nitrogens with one attached hydrogen (secondary N) is 1. The number of nitrogens with zero attached hydrogens (tertiary/aromatic N) is 3.